The summed E-state index contributed by atoms with van der Waals surface area (Å²) in [6, 6.07) is 11.9. The Morgan fingerprint density at radius 1 is 1.15 bits per heavy atom. The first-order valence-electron chi connectivity index (χ1n) is 8.73. The first-order valence-corrected chi connectivity index (χ1v) is 8.73. The van der Waals surface area contributed by atoms with Crippen LogP contribution >= 0.6 is 0 Å². The average Bonchev–Trinajstić information content (AvgIpc) is 3.14. The number of imidazole rings is 1. The maximum Gasteiger partial charge on any atom is 0.166 e. The topological polar surface area (TPSA) is 88.8 Å². The van der Waals surface area contributed by atoms with Crippen molar-refractivity contribution in [2.45, 2.75) is 6.92 Å². The van der Waals surface area contributed by atoms with Crippen LogP contribution in [0.1, 0.15) is 12.6 Å². The van der Waals surface area contributed by atoms with Gasteiger partial charge in [0.25, 0.3) is 0 Å². The zero-order valence-electron chi connectivity index (χ0n) is 15.3. The number of rotatable bonds is 4. The predicted octanol–water partition coefficient (Wildman–Crippen LogP) is 3.62. The highest BCUT2D eigenvalue weighted by Crippen LogP contribution is 2.34. The molecule has 0 aliphatic carbocycles. The van der Waals surface area contributed by atoms with Gasteiger partial charge in [0.1, 0.15) is 5.82 Å². The maximum atomic E-state index is 5.88. The summed E-state index contributed by atoms with van der Waals surface area (Å²) < 4.78 is 5.34. The molecule has 0 spiro atoms. The number of dihydropyridines is 1. The van der Waals surface area contributed by atoms with Gasteiger partial charge in [0.2, 0.25) is 0 Å². The van der Waals surface area contributed by atoms with E-state index in [1.807, 2.05) is 36.4 Å². The van der Waals surface area contributed by atoms with Gasteiger partial charge in [0.15, 0.2) is 11.6 Å². The lowest BCUT2D eigenvalue weighted by molar-refractivity contribution is 0.415. The quantitative estimate of drug-likeness (QED) is 0.662. The summed E-state index contributed by atoms with van der Waals surface area (Å²) in [4.78, 5) is 12.6. The van der Waals surface area contributed by atoms with Gasteiger partial charge in [-0.2, -0.15) is 0 Å². The van der Waals surface area contributed by atoms with Crippen LogP contribution in [0.25, 0.3) is 28.2 Å². The molecule has 4 rings (SSSR count). The van der Waals surface area contributed by atoms with Crippen LogP contribution in [-0.4, -0.2) is 28.6 Å². The second-order valence-electron chi connectivity index (χ2n) is 6.35. The third-order valence-corrected chi connectivity index (χ3v) is 4.49. The van der Waals surface area contributed by atoms with Crippen molar-refractivity contribution in [3.63, 3.8) is 0 Å². The van der Waals surface area contributed by atoms with Gasteiger partial charge in [0, 0.05) is 29.6 Å². The minimum absolute atomic E-state index is 0.360. The summed E-state index contributed by atoms with van der Waals surface area (Å²) in [5.41, 5.74) is 11.7. The van der Waals surface area contributed by atoms with Crippen molar-refractivity contribution in [3.8, 4) is 28.4 Å². The molecule has 0 unspecified atom stereocenters. The van der Waals surface area contributed by atoms with Gasteiger partial charge in [-0.25, -0.2) is 9.97 Å². The molecular formula is C21H21N5O. The highest BCUT2D eigenvalue weighted by atomic mass is 16.5. The van der Waals surface area contributed by atoms with E-state index in [0.717, 1.165) is 46.2 Å². The number of ether oxygens (including phenoxy) is 1. The molecule has 0 saturated heterocycles. The molecule has 136 valence electrons. The number of hydrogen-bond acceptors (Lipinski definition) is 5. The maximum absolute atomic E-state index is 5.88. The fourth-order valence-corrected chi connectivity index (χ4v) is 3.11. The van der Waals surface area contributed by atoms with Crippen molar-refractivity contribution in [1.82, 2.24) is 20.3 Å². The minimum atomic E-state index is 0.360. The van der Waals surface area contributed by atoms with E-state index in [-0.39, 0.29) is 0 Å². The number of H-pyrrole nitrogens is 1. The summed E-state index contributed by atoms with van der Waals surface area (Å²) in [6.45, 7) is 2.83. The van der Waals surface area contributed by atoms with Crippen molar-refractivity contribution < 1.29 is 4.74 Å². The van der Waals surface area contributed by atoms with Crippen molar-refractivity contribution in [2.75, 3.05) is 19.4 Å². The van der Waals surface area contributed by atoms with E-state index >= 15 is 0 Å². The molecule has 0 radical (unpaired) electrons. The fourth-order valence-electron chi connectivity index (χ4n) is 3.11. The summed E-state index contributed by atoms with van der Waals surface area (Å²) in [6.07, 6.45) is 5.97. The number of pyridine rings is 1. The molecule has 6 heteroatoms. The van der Waals surface area contributed by atoms with Gasteiger partial charge >= 0.3 is 0 Å². The Kier molecular flexibility index (Phi) is 4.38. The summed E-state index contributed by atoms with van der Waals surface area (Å²) in [7, 11) is 1.58. The SMILES string of the molecule is COc1cc(-c2nc(-c3ccccc3)[nH]c2C2=CCNC(C)=C2)cnc1N. The summed E-state index contributed by atoms with van der Waals surface area (Å²) in [5.74, 6) is 1.70. The molecule has 0 bridgehead atoms. The number of aromatic nitrogens is 3. The van der Waals surface area contributed by atoms with Gasteiger partial charge in [-0.15, -0.1) is 0 Å². The number of anilines is 1. The molecule has 0 amide bonds. The standard InChI is InChI=1S/C21H21N5O/c1-13-10-15(8-9-23-13)18-19(16-11-17(27-2)20(22)24-12-16)26-21(25-18)14-6-4-3-5-7-14/h3-8,10-12,23H,9H2,1-2H3,(H2,22,24)(H,25,26). The number of nitrogens with one attached hydrogen (secondary N) is 2. The van der Waals surface area contributed by atoms with E-state index in [9.17, 15) is 0 Å². The van der Waals surface area contributed by atoms with Gasteiger partial charge in [-0.3, -0.25) is 0 Å². The molecule has 1 aliphatic heterocycles. The van der Waals surface area contributed by atoms with E-state index in [2.05, 4.69) is 34.4 Å². The van der Waals surface area contributed by atoms with E-state index < -0.39 is 0 Å². The second-order valence-corrected chi connectivity index (χ2v) is 6.35. The van der Waals surface area contributed by atoms with Crippen molar-refractivity contribution in [2.24, 2.45) is 0 Å². The number of nitrogen functional groups attached to an aromatic ring is 1. The molecule has 0 atom stereocenters. The molecule has 2 aromatic heterocycles. The van der Waals surface area contributed by atoms with Crippen LogP contribution < -0.4 is 15.8 Å². The van der Waals surface area contributed by atoms with Crippen LogP contribution in [0.15, 0.2) is 60.4 Å². The molecule has 3 aromatic rings. The second kappa shape index (κ2) is 6.99. The number of allylic oxidation sites excluding steroid dienone is 3. The zero-order valence-corrected chi connectivity index (χ0v) is 15.3. The van der Waals surface area contributed by atoms with Crippen molar-refractivity contribution >= 4 is 11.4 Å². The lowest BCUT2D eigenvalue weighted by atomic mass is 10.0. The van der Waals surface area contributed by atoms with E-state index in [4.69, 9.17) is 15.5 Å². The van der Waals surface area contributed by atoms with E-state index in [1.54, 1.807) is 13.3 Å². The Hall–Kier alpha value is -3.54. The Bertz CT molecular complexity index is 1030. The third-order valence-electron chi connectivity index (χ3n) is 4.49. The van der Waals surface area contributed by atoms with E-state index in [0.29, 0.717) is 11.6 Å². The molecule has 0 fully saturated rings. The Morgan fingerprint density at radius 3 is 2.70 bits per heavy atom. The van der Waals surface area contributed by atoms with Gasteiger partial charge < -0.3 is 20.8 Å². The Labute approximate surface area is 157 Å². The smallest absolute Gasteiger partial charge is 0.166 e. The summed E-state index contributed by atoms with van der Waals surface area (Å²) >= 11 is 0. The predicted molar refractivity (Wildman–Crippen MR) is 108 cm³/mol. The highest BCUT2D eigenvalue weighted by Gasteiger charge is 2.18. The number of benzene rings is 1. The van der Waals surface area contributed by atoms with Crippen LogP contribution in [0.4, 0.5) is 5.82 Å². The fraction of sp³-hybridized carbons (Fsp3) is 0.143. The molecule has 6 nitrogen and oxygen atoms in total. The molecule has 1 aromatic carbocycles. The lowest BCUT2D eigenvalue weighted by Crippen LogP contribution is -2.14. The minimum Gasteiger partial charge on any atom is -0.493 e. The van der Waals surface area contributed by atoms with Crippen LogP contribution in [-0.2, 0) is 0 Å². The van der Waals surface area contributed by atoms with Gasteiger partial charge in [-0.05, 0) is 24.6 Å². The third kappa shape index (κ3) is 3.29. The van der Waals surface area contributed by atoms with Crippen LogP contribution in [0, 0.1) is 0 Å². The number of aromatic amines is 1. The molecule has 27 heavy (non-hydrogen) atoms. The van der Waals surface area contributed by atoms with Crippen LogP contribution in [0.3, 0.4) is 0 Å². The van der Waals surface area contributed by atoms with Gasteiger partial charge in [0.05, 0.1) is 18.5 Å². The highest BCUT2D eigenvalue weighted by molar-refractivity contribution is 5.85. The molecular weight excluding hydrogens is 338 g/mol. The molecule has 1 aliphatic rings. The van der Waals surface area contributed by atoms with E-state index in [1.165, 1.54) is 0 Å². The van der Waals surface area contributed by atoms with Crippen LogP contribution in [0.2, 0.25) is 0 Å². The normalized spacial score (nSPS) is 13.6. The monoisotopic (exact) mass is 359 g/mol. The number of nitrogens with zero attached hydrogens (tertiary/aromatic N) is 2. The van der Waals surface area contributed by atoms with Gasteiger partial charge in [-0.1, -0.05) is 36.4 Å². The lowest BCUT2D eigenvalue weighted by Gasteiger charge is -2.13. The number of nitrogens with two attached hydrogens (primary N) is 1. The average molecular weight is 359 g/mol. The zero-order chi connectivity index (χ0) is 18.8. The first-order chi connectivity index (χ1) is 13.2. The van der Waals surface area contributed by atoms with Crippen molar-refractivity contribution in [1.29, 1.82) is 0 Å². The molecule has 0 saturated carbocycles. The number of methoxy groups -OCH3 is 1. The first kappa shape index (κ1) is 16.9. The molecule has 3 heterocycles. The molecule has 4 N–H and O–H groups in total. The van der Waals surface area contributed by atoms with Crippen LogP contribution in [0.5, 0.6) is 5.75 Å². The Balaban J connectivity index is 1.89. The van der Waals surface area contributed by atoms with Crippen molar-refractivity contribution in [3.05, 3.63) is 66.1 Å². The Morgan fingerprint density at radius 2 is 1.96 bits per heavy atom. The largest absolute Gasteiger partial charge is 0.493 e. The number of hydrogen-bond donors (Lipinski definition) is 3. The summed E-state index contributed by atoms with van der Waals surface area (Å²) in [5, 5.41) is 3.31.